The minimum absolute atomic E-state index is 0.0708. The summed E-state index contributed by atoms with van der Waals surface area (Å²) in [5, 5.41) is 0.754. The molecule has 0 saturated carbocycles. The summed E-state index contributed by atoms with van der Waals surface area (Å²) in [5.41, 5.74) is 0.784. The maximum atomic E-state index is 13.0. The molecule has 2 heterocycles. The van der Waals surface area contributed by atoms with Gasteiger partial charge < -0.3 is 4.74 Å². The third kappa shape index (κ3) is 3.40. The first-order valence-corrected chi connectivity index (χ1v) is 9.22. The molecule has 0 aliphatic carbocycles. The van der Waals surface area contributed by atoms with Gasteiger partial charge in [-0.15, -0.1) is 0 Å². The van der Waals surface area contributed by atoms with Gasteiger partial charge in [0.05, 0.1) is 13.7 Å². The molecule has 4 rings (SSSR count). The maximum absolute atomic E-state index is 13.0. The molecule has 0 spiro atoms. The van der Waals surface area contributed by atoms with Crippen LogP contribution in [0.15, 0.2) is 64.3 Å². The smallest absolute Gasteiger partial charge is 0.332 e. The summed E-state index contributed by atoms with van der Waals surface area (Å²) in [6.45, 7) is 0.0708. The molecule has 2 aromatic carbocycles. The number of ether oxygens (including phenoxy) is 1. The fourth-order valence-electron chi connectivity index (χ4n) is 3.10. The highest BCUT2D eigenvalue weighted by molar-refractivity contribution is 6.31. The lowest BCUT2D eigenvalue weighted by Crippen LogP contribution is -2.39. The molecule has 0 saturated heterocycles. The zero-order valence-electron chi connectivity index (χ0n) is 15.8. The lowest BCUT2D eigenvalue weighted by Gasteiger charge is -2.11. The number of rotatable bonds is 4. The van der Waals surface area contributed by atoms with Gasteiger partial charge in [0.1, 0.15) is 11.1 Å². The molecule has 8 heteroatoms. The molecule has 0 unspecified atom stereocenters. The van der Waals surface area contributed by atoms with Crippen molar-refractivity contribution in [1.82, 2.24) is 19.1 Å². The van der Waals surface area contributed by atoms with Crippen molar-refractivity contribution >= 4 is 22.6 Å². The van der Waals surface area contributed by atoms with E-state index in [0.29, 0.717) is 22.2 Å². The molecule has 0 fully saturated rings. The van der Waals surface area contributed by atoms with Gasteiger partial charge in [0, 0.05) is 23.8 Å². The van der Waals surface area contributed by atoms with E-state index in [2.05, 4.69) is 9.97 Å². The van der Waals surface area contributed by atoms with Crippen LogP contribution in [0.4, 0.5) is 0 Å². The van der Waals surface area contributed by atoms with Gasteiger partial charge >= 0.3 is 5.69 Å². The van der Waals surface area contributed by atoms with E-state index in [4.69, 9.17) is 16.3 Å². The van der Waals surface area contributed by atoms with Crippen LogP contribution in [0.3, 0.4) is 0 Å². The SMILES string of the molecule is COc1ccc(-c2ncc3c(=O)n(Cc4ccccc4Cl)c(=O)n(C)c3n2)cc1. The molecule has 0 N–H and O–H groups in total. The summed E-state index contributed by atoms with van der Waals surface area (Å²) in [7, 11) is 3.17. The minimum Gasteiger partial charge on any atom is -0.497 e. The van der Waals surface area contributed by atoms with Crippen LogP contribution >= 0.6 is 11.6 Å². The van der Waals surface area contributed by atoms with E-state index in [1.807, 2.05) is 18.2 Å². The van der Waals surface area contributed by atoms with E-state index in [1.54, 1.807) is 44.5 Å². The second-order valence-corrected chi connectivity index (χ2v) is 6.89. The van der Waals surface area contributed by atoms with Crippen LogP contribution in [0.1, 0.15) is 5.56 Å². The highest BCUT2D eigenvalue weighted by Gasteiger charge is 2.15. The summed E-state index contributed by atoms with van der Waals surface area (Å²) in [4.78, 5) is 34.6. The second-order valence-electron chi connectivity index (χ2n) is 6.48. The van der Waals surface area contributed by atoms with Gasteiger partial charge in [-0.3, -0.25) is 13.9 Å². The Balaban J connectivity index is 1.85. The lowest BCUT2D eigenvalue weighted by atomic mass is 10.2. The molecular formula is C21H17ClN4O3. The predicted molar refractivity (Wildman–Crippen MR) is 112 cm³/mol. The van der Waals surface area contributed by atoms with Crippen LogP contribution in [0.25, 0.3) is 22.4 Å². The number of benzene rings is 2. The van der Waals surface area contributed by atoms with Crippen LogP contribution in [0.5, 0.6) is 5.75 Å². The normalized spacial score (nSPS) is 11.0. The van der Waals surface area contributed by atoms with Gasteiger partial charge in [-0.2, -0.15) is 0 Å². The Labute approximate surface area is 170 Å². The van der Waals surface area contributed by atoms with Crippen LogP contribution in [-0.2, 0) is 13.6 Å². The van der Waals surface area contributed by atoms with Gasteiger partial charge in [0.15, 0.2) is 11.5 Å². The van der Waals surface area contributed by atoms with Crippen molar-refractivity contribution in [3.63, 3.8) is 0 Å². The summed E-state index contributed by atoms with van der Waals surface area (Å²) >= 11 is 6.19. The molecule has 7 nitrogen and oxygen atoms in total. The second kappa shape index (κ2) is 7.52. The Morgan fingerprint density at radius 3 is 2.48 bits per heavy atom. The number of aromatic nitrogens is 4. The highest BCUT2D eigenvalue weighted by Crippen LogP contribution is 2.20. The van der Waals surface area contributed by atoms with E-state index >= 15 is 0 Å². The van der Waals surface area contributed by atoms with Crippen molar-refractivity contribution in [3.8, 4) is 17.1 Å². The van der Waals surface area contributed by atoms with Crippen molar-refractivity contribution in [1.29, 1.82) is 0 Å². The number of hydrogen-bond acceptors (Lipinski definition) is 5. The van der Waals surface area contributed by atoms with Gasteiger partial charge in [-0.05, 0) is 35.9 Å². The van der Waals surface area contributed by atoms with Gasteiger partial charge in [0.2, 0.25) is 0 Å². The van der Waals surface area contributed by atoms with Crippen molar-refractivity contribution in [2.75, 3.05) is 7.11 Å². The third-order valence-electron chi connectivity index (χ3n) is 4.71. The molecule has 0 radical (unpaired) electrons. The monoisotopic (exact) mass is 408 g/mol. The van der Waals surface area contributed by atoms with E-state index in [0.717, 1.165) is 10.1 Å². The van der Waals surface area contributed by atoms with Gasteiger partial charge in [-0.1, -0.05) is 29.8 Å². The largest absolute Gasteiger partial charge is 0.497 e. The van der Waals surface area contributed by atoms with Crippen LogP contribution in [0.2, 0.25) is 5.02 Å². The Kier molecular flexibility index (Phi) is 4.90. The van der Waals surface area contributed by atoms with E-state index in [1.165, 1.54) is 10.8 Å². The maximum Gasteiger partial charge on any atom is 0.332 e. The molecule has 0 aliphatic heterocycles. The van der Waals surface area contributed by atoms with E-state index < -0.39 is 11.2 Å². The number of halogens is 1. The number of nitrogens with zero attached hydrogens (tertiary/aromatic N) is 4. The summed E-state index contributed by atoms with van der Waals surface area (Å²) in [6.07, 6.45) is 1.45. The molecule has 29 heavy (non-hydrogen) atoms. The van der Waals surface area contributed by atoms with Gasteiger partial charge in [-0.25, -0.2) is 14.8 Å². The topological polar surface area (TPSA) is 79.0 Å². The highest BCUT2D eigenvalue weighted by atomic mass is 35.5. The third-order valence-corrected chi connectivity index (χ3v) is 5.08. The van der Waals surface area contributed by atoms with Crippen molar-refractivity contribution < 1.29 is 4.74 Å². The quantitative estimate of drug-likeness (QED) is 0.518. The molecule has 0 aliphatic rings. The first-order valence-electron chi connectivity index (χ1n) is 8.84. The van der Waals surface area contributed by atoms with E-state index in [-0.39, 0.29) is 17.6 Å². The number of aryl methyl sites for hydroxylation is 1. The standard InChI is InChI=1S/C21H17ClN4O3/c1-25-19-16(11-23-18(24-19)13-7-9-15(29-2)10-8-13)20(27)26(21(25)28)12-14-5-3-4-6-17(14)22/h3-11H,12H2,1-2H3. The fourth-order valence-corrected chi connectivity index (χ4v) is 3.29. The Morgan fingerprint density at radius 1 is 1.07 bits per heavy atom. The summed E-state index contributed by atoms with van der Waals surface area (Å²) < 4.78 is 7.64. The molecule has 0 atom stereocenters. The average Bonchev–Trinajstić information content (AvgIpc) is 2.76. The Morgan fingerprint density at radius 2 is 1.79 bits per heavy atom. The molecule has 4 aromatic rings. The first-order chi connectivity index (χ1) is 14.0. The first kappa shape index (κ1) is 18.9. The molecular weight excluding hydrogens is 392 g/mol. The number of methoxy groups -OCH3 is 1. The molecule has 2 aromatic heterocycles. The predicted octanol–water partition coefficient (Wildman–Crippen LogP) is 2.87. The molecule has 146 valence electrons. The van der Waals surface area contributed by atoms with Crippen LogP contribution in [0, 0.1) is 0 Å². The number of fused-ring (bicyclic) bond motifs is 1. The molecule has 0 bridgehead atoms. The van der Waals surface area contributed by atoms with E-state index in [9.17, 15) is 9.59 Å². The summed E-state index contributed by atoms with van der Waals surface area (Å²) in [5.74, 6) is 1.13. The average molecular weight is 409 g/mol. The fraction of sp³-hybridized carbons (Fsp3) is 0.143. The summed E-state index contributed by atoms with van der Waals surface area (Å²) in [6, 6.07) is 14.3. The van der Waals surface area contributed by atoms with Crippen molar-refractivity contribution in [2.24, 2.45) is 7.05 Å². The Bertz CT molecular complexity index is 1330. The molecule has 0 amide bonds. The lowest BCUT2D eigenvalue weighted by molar-refractivity contribution is 0.415. The van der Waals surface area contributed by atoms with Gasteiger partial charge in [0.25, 0.3) is 5.56 Å². The number of hydrogen-bond donors (Lipinski definition) is 0. The zero-order valence-corrected chi connectivity index (χ0v) is 16.6. The van der Waals surface area contributed by atoms with Crippen molar-refractivity contribution in [3.05, 3.63) is 86.2 Å². The Hall–Kier alpha value is -3.45. The minimum atomic E-state index is -0.471. The van der Waals surface area contributed by atoms with Crippen molar-refractivity contribution in [2.45, 2.75) is 6.54 Å². The van der Waals surface area contributed by atoms with Crippen LogP contribution in [-0.4, -0.2) is 26.2 Å². The van der Waals surface area contributed by atoms with Crippen LogP contribution < -0.4 is 16.0 Å². The zero-order chi connectivity index (χ0) is 20.5.